The molecule has 2 aromatic carbocycles. The third-order valence-corrected chi connectivity index (χ3v) is 2.41. The average Bonchev–Trinajstić information content (AvgIpc) is 2.48. The van der Waals surface area contributed by atoms with E-state index >= 15 is 0 Å². The maximum Gasteiger partial charge on any atom is 0.411 e. The Kier molecular flexibility index (Phi) is 4.78. The van der Waals surface area contributed by atoms with E-state index in [9.17, 15) is 4.79 Å². The Morgan fingerprint density at radius 3 is 2.35 bits per heavy atom. The molecule has 0 saturated heterocycles. The third kappa shape index (κ3) is 4.17. The maximum atomic E-state index is 11.3. The van der Waals surface area contributed by atoms with Gasteiger partial charge in [0.25, 0.3) is 0 Å². The number of ether oxygens (including phenoxy) is 2. The van der Waals surface area contributed by atoms with Gasteiger partial charge in [-0.15, -0.1) is 0 Å². The number of carbonyl (C=O) groups excluding carboxylic acids is 1. The van der Waals surface area contributed by atoms with Crippen molar-refractivity contribution in [2.75, 3.05) is 11.9 Å². The number of nitrogens with one attached hydrogen (secondary N) is 1. The molecular formula is C16H15NO3. The van der Waals surface area contributed by atoms with E-state index in [4.69, 9.17) is 9.47 Å². The van der Waals surface area contributed by atoms with Gasteiger partial charge in [0.15, 0.2) is 0 Å². The molecule has 4 heteroatoms. The standard InChI is InChI=1S/C16H15NO3/c1-2-12-19-16(18)17-13-8-10-15(11-9-13)20-14-6-4-3-5-7-14/h2-11H,1,12H2,(H,17,18). The normalized spacial score (nSPS) is 9.60. The van der Waals surface area contributed by atoms with Crippen molar-refractivity contribution in [2.24, 2.45) is 0 Å². The predicted molar refractivity (Wildman–Crippen MR) is 78.1 cm³/mol. The van der Waals surface area contributed by atoms with Crippen LogP contribution in [0.15, 0.2) is 67.3 Å². The molecule has 0 aromatic heterocycles. The molecule has 0 radical (unpaired) electrons. The molecule has 0 aliphatic heterocycles. The van der Waals surface area contributed by atoms with Crippen molar-refractivity contribution in [2.45, 2.75) is 0 Å². The predicted octanol–water partition coefficient (Wildman–Crippen LogP) is 4.21. The molecule has 0 spiro atoms. The molecular weight excluding hydrogens is 254 g/mol. The van der Waals surface area contributed by atoms with Gasteiger partial charge in [0.2, 0.25) is 0 Å². The first-order valence-corrected chi connectivity index (χ1v) is 6.15. The van der Waals surface area contributed by atoms with Gasteiger partial charge in [-0.25, -0.2) is 4.79 Å². The SMILES string of the molecule is C=CCOC(=O)Nc1ccc(Oc2ccccc2)cc1. The lowest BCUT2D eigenvalue weighted by Crippen LogP contribution is -2.13. The highest BCUT2D eigenvalue weighted by Crippen LogP contribution is 2.22. The fourth-order valence-electron chi connectivity index (χ4n) is 1.52. The number of amides is 1. The van der Waals surface area contributed by atoms with E-state index in [0.717, 1.165) is 5.75 Å². The van der Waals surface area contributed by atoms with Crippen LogP contribution in [0.4, 0.5) is 10.5 Å². The van der Waals surface area contributed by atoms with Gasteiger partial charge in [-0.1, -0.05) is 30.9 Å². The summed E-state index contributed by atoms with van der Waals surface area (Å²) in [4.78, 5) is 11.3. The van der Waals surface area contributed by atoms with Crippen molar-refractivity contribution in [3.05, 3.63) is 67.3 Å². The quantitative estimate of drug-likeness (QED) is 0.827. The van der Waals surface area contributed by atoms with E-state index < -0.39 is 6.09 Å². The molecule has 1 amide bonds. The van der Waals surface area contributed by atoms with E-state index in [1.807, 2.05) is 30.3 Å². The Morgan fingerprint density at radius 2 is 1.70 bits per heavy atom. The molecule has 4 nitrogen and oxygen atoms in total. The second-order valence-electron chi connectivity index (χ2n) is 3.95. The lowest BCUT2D eigenvalue weighted by atomic mass is 10.3. The molecule has 1 N–H and O–H groups in total. The zero-order valence-corrected chi connectivity index (χ0v) is 10.9. The second-order valence-corrected chi connectivity index (χ2v) is 3.95. The van der Waals surface area contributed by atoms with Crippen LogP contribution in [-0.2, 0) is 4.74 Å². The first-order chi connectivity index (χ1) is 9.78. The summed E-state index contributed by atoms with van der Waals surface area (Å²) in [6, 6.07) is 16.5. The van der Waals surface area contributed by atoms with Crippen LogP contribution in [0.1, 0.15) is 0 Å². The molecule has 0 bridgehead atoms. The monoisotopic (exact) mass is 269 g/mol. The van der Waals surface area contributed by atoms with Gasteiger partial charge in [0, 0.05) is 5.69 Å². The molecule has 0 aliphatic carbocycles. The van der Waals surface area contributed by atoms with Gasteiger partial charge in [0.1, 0.15) is 18.1 Å². The van der Waals surface area contributed by atoms with Crippen molar-refractivity contribution in [1.29, 1.82) is 0 Å². The number of para-hydroxylation sites is 1. The summed E-state index contributed by atoms with van der Waals surface area (Å²) in [7, 11) is 0. The lowest BCUT2D eigenvalue weighted by molar-refractivity contribution is 0.174. The van der Waals surface area contributed by atoms with Gasteiger partial charge in [0.05, 0.1) is 0 Å². The highest BCUT2D eigenvalue weighted by Gasteiger charge is 2.02. The van der Waals surface area contributed by atoms with E-state index in [1.54, 1.807) is 24.3 Å². The highest BCUT2D eigenvalue weighted by atomic mass is 16.5. The Morgan fingerprint density at radius 1 is 1.05 bits per heavy atom. The van der Waals surface area contributed by atoms with Gasteiger partial charge >= 0.3 is 6.09 Å². The van der Waals surface area contributed by atoms with E-state index in [0.29, 0.717) is 11.4 Å². The molecule has 0 heterocycles. The van der Waals surface area contributed by atoms with Crippen LogP contribution in [0.3, 0.4) is 0 Å². The van der Waals surface area contributed by atoms with E-state index in [-0.39, 0.29) is 6.61 Å². The zero-order chi connectivity index (χ0) is 14.2. The maximum absolute atomic E-state index is 11.3. The van der Waals surface area contributed by atoms with Gasteiger partial charge in [-0.05, 0) is 36.4 Å². The summed E-state index contributed by atoms with van der Waals surface area (Å²) < 4.78 is 10.5. The van der Waals surface area contributed by atoms with Crippen LogP contribution in [0.2, 0.25) is 0 Å². The summed E-state index contributed by atoms with van der Waals surface area (Å²) in [6.45, 7) is 3.65. The number of benzene rings is 2. The minimum absolute atomic E-state index is 0.182. The Hall–Kier alpha value is -2.75. The number of carbonyl (C=O) groups is 1. The Labute approximate surface area is 117 Å². The fraction of sp³-hybridized carbons (Fsp3) is 0.0625. The summed E-state index contributed by atoms with van der Waals surface area (Å²) in [5, 5.41) is 2.60. The van der Waals surface area contributed by atoms with E-state index in [2.05, 4.69) is 11.9 Å². The topological polar surface area (TPSA) is 47.6 Å². The largest absolute Gasteiger partial charge is 0.457 e. The van der Waals surface area contributed by atoms with Gasteiger partial charge in [-0.3, -0.25) is 5.32 Å². The van der Waals surface area contributed by atoms with Gasteiger partial charge in [-0.2, -0.15) is 0 Å². The number of anilines is 1. The van der Waals surface area contributed by atoms with Crippen molar-refractivity contribution < 1.29 is 14.3 Å². The number of hydrogen-bond donors (Lipinski definition) is 1. The molecule has 0 unspecified atom stereocenters. The molecule has 20 heavy (non-hydrogen) atoms. The number of hydrogen-bond acceptors (Lipinski definition) is 3. The van der Waals surface area contributed by atoms with Crippen molar-refractivity contribution in [3.8, 4) is 11.5 Å². The molecule has 0 atom stereocenters. The van der Waals surface area contributed by atoms with Gasteiger partial charge < -0.3 is 9.47 Å². The first kappa shape index (κ1) is 13.7. The van der Waals surface area contributed by atoms with Crippen LogP contribution in [0.5, 0.6) is 11.5 Å². The van der Waals surface area contributed by atoms with Crippen LogP contribution >= 0.6 is 0 Å². The fourth-order valence-corrected chi connectivity index (χ4v) is 1.52. The molecule has 0 aliphatic rings. The zero-order valence-electron chi connectivity index (χ0n) is 10.9. The lowest BCUT2D eigenvalue weighted by Gasteiger charge is -2.08. The second kappa shape index (κ2) is 6.99. The number of rotatable bonds is 5. The minimum Gasteiger partial charge on any atom is -0.457 e. The Balaban J connectivity index is 1.93. The van der Waals surface area contributed by atoms with E-state index in [1.165, 1.54) is 6.08 Å². The summed E-state index contributed by atoms with van der Waals surface area (Å²) in [6.07, 6.45) is 0.998. The molecule has 0 saturated carbocycles. The molecule has 2 aromatic rings. The van der Waals surface area contributed by atoms with Crippen LogP contribution in [0, 0.1) is 0 Å². The first-order valence-electron chi connectivity index (χ1n) is 6.15. The van der Waals surface area contributed by atoms with Crippen LogP contribution in [-0.4, -0.2) is 12.7 Å². The van der Waals surface area contributed by atoms with Crippen molar-refractivity contribution in [3.63, 3.8) is 0 Å². The summed E-state index contributed by atoms with van der Waals surface area (Å²) in [5.74, 6) is 1.46. The molecule has 102 valence electrons. The molecule has 2 rings (SSSR count). The minimum atomic E-state index is -0.512. The molecule has 0 fully saturated rings. The third-order valence-electron chi connectivity index (χ3n) is 2.41. The summed E-state index contributed by atoms with van der Waals surface area (Å²) in [5.41, 5.74) is 0.638. The van der Waals surface area contributed by atoms with Crippen molar-refractivity contribution >= 4 is 11.8 Å². The highest BCUT2D eigenvalue weighted by molar-refractivity contribution is 5.84. The summed E-state index contributed by atoms with van der Waals surface area (Å²) >= 11 is 0. The van der Waals surface area contributed by atoms with Crippen molar-refractivity contribution in [1.82, 2.24) is 0 Å². The Bertz CT molecular complexity index is 564. The average molecular weight is 269 g/mol. The van der Waals surface area contributed by atoms with Crippen LogP contribution < -0.4 is 10.1 Å². The van der Waals surface area contributed by atoms with Crippen LogP contribution in [0.25, 0.3) is 0 Å². The smallest absolute Gasteiger partial charge is 0.411 e.